The molecule has 3 unspecified atom stereocenters. The first-order valence-corrected chi connectivity index (χ1v) is 13.4. The average molecular weight is 487 g/mol. The molecule has 2 amide bonds. The summed E-state index contributed by atoms with van der Waals surface area (Å²) in [6.45, 7) is 2.08. The van der Waals surface area contributed by atoms with Crippen molar-refractivity contribution in [2.24, 2.45) is 11.8 Å². The third-order valence-electron chi connectivity index (χ3n) is 8.99. The van der Waals surface area contributed by atoms with Gasteiger partial charge in [-0.05, 0) is 76.5 Å². The monoisotopic (exact) mass is 486 g/mol. The third kappa shape index (κ3) is 5.67. The topological polar surface area (TPSA) is 87.7 Å². The lowest BCUT2D eigenvalue weighted by Gasteiger charge is -2.56. The van der Waals surface area contributed by atoms with Crippen LogP contribution < -0.4 is 10.6 Å². The molecule has 5 saturated carbocycles. The molecule has 0 aromatic rings. The van der Waals surface area contributed by atoms with Gasteiger partial charge in [0.2, 0.25) is 11.8 Å². The number of fused-ring (bicyclic) bond motifs is 3. The summed E-state index contributed by atoms with van der Waals surface area (Å²) in [6.07, 6.45) is 7.91. The number of carbonyl (C=O) groups excluding carboxylic acids is 2. The van der Waals surface area contributed by atoms with E-state index in [0.29, 0.717) is 32.1 Å². The van der Waals surface area contributed by atoms with E-state index < -0.39 is 23.2 Å². The fourth-order valence-electron chi connectivity index (χ4n) is 6.56. The van der Waals surface area contributed by atoms with Gasteiger partial charge in [0, 0.05) is 17.9 Å². The minimum Gasteiger partial charge on any atom is -0.391 e. The van der Waals surface area contributed by atoms with Crippen molar-refractivity contribution in [2.45, 2.75) is 125 Å². The second kappa shape index (κ2) is 10.4. The van der Waals surface area contributed by atoms with Gasteiger partial charge in [-0.2, -0.15) is 0 Å². The number of ether oxygens (including phenoxy) is 1. The molecule has 0 saturated heterocycles. The summed E-state index contributed by atoms with van der Waals surface area (Å²) in [5.74, 6) is 0.702. The van der Waals surface area contributed by atoms with Gasteiger partial charge in [0.15, 0.2) is 0 Å². The smallest absolute Gasteiger partial charge is 0.246 e. The Labute approximate surface area is 201 Å². The van der Waals surface area contributed by atoms with Crippen molar-refractivity contribution in [3.05, 3.63) is 0 Å². The lowest BCUT2D eigenvalue weighted by atomic mass is 9.59. The van der Waals surface area contributed by atoms with E-state index in [-0.39, 0.29) is 42.4 Å². The van der Waals surface area contributed by atoms with E-state index in [1.807, 2.05) is 0 Å². The lowest BCUT2D eigenvalue weighted by Crippen LogP contribution is -2.70. The van der Waals surface area contributed by atoms with Crippen molar-refractivity contribution < 1.29 is 23.8 Å². The summed E-state index contributed by atoms with van der Waals surface area (Å²) in [5.41, 5.74) is -1.03. The number of aliphatic hydroxyl groups excluding tert-OH is 1. The van der Waals surface area contributed by atoms with E-state index in [2.05, 4.69) is 17.6 Å². The van der Waals surface area contributed by atoms with Crippen LogP contribution in [0.2, 0.25) is 0 Å². The molecule has 6 nitrogen and oxygen atoms in total. The summed E-state index contributed by atoms with van der Waals surface area (Å²) in [4.78, 5) is 25.6. The molecule has 8 heteroatoms. The van der Waals surface area contributed by atoms with Gasteiger partial charge in [0.05, 0.1) is 23.1 Å². The van der Waals surface area contributed by atoms with Gasteiger partial charge in [-0.3, -0.25) is 9.59 Å². The predicted octanol–water partition coefficient (Wildman–Crippen LogP) is 3.77. The zero-order valence-corrected chi connectivity index (χ0v) is 20.5. The number of amides is 2. The first kappa shape index (κ1) is 25.2. The standard InChI is InChI=1S/C25H40ClFN2O4/c1-2-16-3-5-17(6-4-16)23(32)29-24-9-11-25(12-10-24,21(30)14-24)28-22(31)15-33-18-7-8-19(26)20(27)13-18/h16-21,30H,2-15H2,1H3,(H,28,31)(H,29,32)/t16?,17?,18?,19?,20?,21-,24?,25?/m0/s1. The number of carbonyl (C=O) groups is 2. The van der Waals surface area contributed by atoms with Crippen LogP contribution in [0, 0.1) is 11.8 Å². The van der Waals surface area contributed by atoms with Gasteiger partial charge < -0.3 is 20.5 Å². The van der Waals surface area contributed by atoms with Gasteiger partial charge in [-0.1, -0.05) is 13.3 Å². The Morgan fingerprint density at radius 2 is 1.76 bits per heavy atom. The molecule has 0 aromatic carbocycles. The van der Waals surface area contributed by atoms with Crippen LogP contribution in [0.1, 0.15) is 90.4 Å². The summed E-state index contributed by atoms with van der Waals surface area (Å²) in [6, 6.07) is 0. The molecule has 0 spiro atoms. The Morgan fingerprint density at radius 3 is 2.36 bits per heavy atom. The van der Waals surface area contributed by atoms with Crippen LogP contribution >= 0.6 is 11.6 Å². The second-order valence-corrected chi connectivity index (χ2v) is 11.7. The number of rotatable bonds is 7. The Balaban J connectivity index is 1.25. The van der Waals surface area contributed by atoms with Crippen LogP contribution in [-0.2, 0) is 14.3 Å². The number of aliphatic hydroxyl groups is 1. The number of nitrogens with one attached hydrogen (secondary N) is 2. The Bertz CT molecular complexity index is 707. The molecule has 5 rings (SSSR count). The summed E-state index contributed by atoms with van der Waals surface area (Å²) >= 11 is 5.92. The van der Waals surface area contributed by atoms with Gasteiger partial charge in [-0.25, -0.2) is 4.39 Å². The first-order chi connectivity index (χ1) is 15.7. The molecule has 2 bridgehead atoms. The molecule has 33 heavy (non-hydrogen) atoms. The molecule has 0 aliphatic heterocycles. The van der Waals surface area contributed by atoms with Crippen molar-refractivity contribution in [2.75, 3.05) is 6.61 Å². The highest BCUT2D eigenvalue weighted by molar-refractivity contribution is 6.21. The molecular weight excluding hydrogens is 447 g/mol. The Hall–Kier alpha value is -0.920. The second-order valence-electron chi connectivity index (χ2n) is 11.1. The number of hydrogen-bond acceptors (Lipinski definition) is 4. The Morgan fingerprint density at radius 1 is 1.06 bits per heavy atom. The quantitative estimate of drug-likeness (QED) is 0.478. The van der Waals surface area contributed by atoms with Gasteiger partial charge in [0.25, 0.3) is 0 Å². The zero-order valence-electron chi connectivity index (χ0n) is 19.8. The fourth-order valence-corrected chi connectivity index (χ4v) is 6.79. The highest BCUT2D eigenvalue weighted by Gasteiger charge is 2.55. The maximum Gasteiger partial charge on any atom is 0.246 e. The fraction of sp³-hybridized carbons (Fsp3) is 0.920. The van der Waals surface area contributed by atoms with Crippen molar-refractivity contribution >= 4 is 23.4 Å². The zero-order chi connectivity index (χ0) is 23.6. The molecule has 4 atom stereocenters. The van der Waals surface area contributed by atoms with Crippen molar-refractivity contribution in [1.29, 1.82) is 0 Å². The lowest BCUT2D eigenvalue weighted by molar-refractivity contribution is -0.141. The molecular formula is C25H40ClFN2O4. The molecule has 3 N–H and O–H groups in total. The van der Waals surface area contributed by atoms with Gasteiger partial charge in [0.1, 0.15) is 12.8 Å². The van der Waals surface area contributed by atoms with E-state index in [9.17, 15) is 19.1 Å². The first-order valence-electron chi connectivity index (χ1n) is 12.9. The maximum atomic E-state index is 13.8. The van der Waals surface area contributed by atoms with Crippen LogP contribution in [0.15, 0.2) is 0 Å². The number of halogens is 2. The Kier molecular flexibility index (Phi) is 7.91. The van der Waals surface area contributed by atoms with Gasteiger partial charge in [-0.15, -0.1) is 11.6 Å². The minimum absolute atomic E-state index is 0.0857. The molecule has 188 valence electrons. The average Bonchev–Trinajstić information content (AvgIpc) is 2.81. The normalized spacial score (nSPS) is 43.2. The van der Waals surface area contributed by atoms with Gasteiger partial charge >= 0.3 is 0 Å². The number of hydrogen-bond donors (Lipinski definition) is 3. The van der Waals surface area contributed by atoms with E-state index in [1.165, 1.54) is 6.42 Å². The summed E-state index contributed by atoms with van der Waals surface area (Å²) in [5, 5.41) is 16.8. The SMILES string of the molecule is CCC1CCC(C(=O)NC23CCC(NC(=O)COC4CCC(Cl)C(F)C4)(CC2)[C@@H](O)C3)CC1. The third-order valence-corrected chi connectivity index (χ3v) is 9.48. The molecule has 0 heterocycles. The predicted molar refractivity (Wildman–Crippen MR) is 125 cm³/mol. The molecule has 0 radical (unpaired) electrons. The highest BCUT2D eigenvalue weighted by Crippen LogP contribution is 2.47. The summed E-state index contributed by atoms with van der Waals surface area (Å²) < 4.78 is 19.4. The molecule has 5 aliphatic rings. The maximum absolute atomic E-state index is 13.8. The van der Waals surface area contributed by atoms with Crippen molar-refractivity contribution in [3.8, 4) is 0 Å². The van der Waals surface area contributed by atoms with E-state index in [4.69, 9.17) is 16.3 Å². The van der Waals surface area contributed by atoms with E-state index >= 15 is 0 Å². The molecule has 5 fully saturated rings. The van der Waals surface area contributed by atoms with Crippen LogP contribution in [0.25, 0.3) is 0 Å². The highest BCUT2D eigenvalue weighted by atomic mass is 35.5. The minimum atomic E-state index is -1.10. The summed E-state index contributed by atoms with van der Waals surface area (Å²) in [7, 11) is 0. The van der Waals surface area contributed by atoms with Crippen LogP contribution in [0.3, 0.4) is 0 Å². The molecule has 0 aromatic heterocycles. The van der Waals surface area contributed by atoms with Crippen LogP contribution in [0.5, 0.6) is 0 Å². The number of alkyl halides is 2. The van der Waals surface area contributed by atoms with Crippen LogP contribution in [-0.4, -0.2) is 58.4 Å². The largest absolute Gasteiger partial charge is 0.391 e. The van der Waals surface area contributed by atoms with Crippen molar-refractivity contribution in [1.82, 2.24) is 10.6 Å². The van der Waals surface area contributed by atoms with Crippen LogP contribution in [0.4, 0.5) is 4.39 Å². The van der Waals surface area contributed by atoms with E-state index in [1.54, 1.807) is 0 Å². The molecule has 5 aliphatic carbocycles. The van der Waals surface area contributed by atoms with Crippen molar-refractivity contribution in [3.63, 3.8) is 0 Å². The van der Waals surface area contributed by atoms with E-state index in [0.717, 1.165) is 44.4 Å².